The lowest BCUT2D eigenvalue weighted by Crippen LogP contribution is -2.48. The number of para-hydroxylation sites is 1. The lowest BCUT2D eigenvalue weighted by atomic mass is 10.1. The van der Waals surface area contributed by atoms with E-state index in [1.165, 1.54) is 0 Å². The van der Waals surface area contributed by atoms with Gasteiger partial charge in [-0.3, -0.25) is 0 Å². The van der Waals surface area contributed by atoms with Crippen molar-refractivity contribution in [2.75, 3.05) is 26.2 Å². The number of piperidine rings is 1. The molecule has 0 aromatic heterocycles. The van der Waals surface area contributed by atoms with E-state index in [-0.39, 0.29) is 12.6 Å². The van der Waals surface area contributed by atoms with Gasteiger partial charge in [0.05, 0.1) is 4.91 Å². The number of sulfonamides is 1. The highest BCUT2D eigenvalue weighted by atomic mass is 32.2. The van der Waals surface area contributed by atoms with E-state index in [9.17, 15) is 8.42 Å². The van der Waals surface area contributed by atoms with E-state index < -0.39 is 10.0 Å². The van der Waals surface area contributed by atoms with Gasteiger partial charge in [-0.15, -0.1) is 0 Å². The first-order valence-electron chi connectivity index (χ1n) is 7.75. The Hall–Kier alpha value is -1.37. The minimum absolute atomic E-state index is 0.0169. The van der Waals surface area contributed by atoms with E-state index in [4.69, 9.17) is 4.74 Å². The standard InChI is InChI=1S/C16H22N2O3S/c1-2-18-9-5-7-14(11-18)17-22(19,20)15-10-13-6-3-4-8-16(13)21-12-15/h3-4,6,8,10,14,17H,2,5,7,9,11-12H2,1H3. The van der Waals surface area contributed by atoms with Crippen LogP contribution in [0.25, 0.3) is 6.08 Å². The minimum atomic E-state index is -3.50. The number of likely N-dealkylation sites (tertiary alicyclic amines) is 1. The topological polar surface area (TPSA) is 58.6 Å². The van der Waals surface area contributed by atoms with Crippen LogP contribution in [0.5, 0.6) is 5.75 Å². The fourth-order valence-corrected chi connectivity index (χ4v) is 4.26. The van der Waals surface area contributed by atoms with Crippen LogP contribution < -0.4 is 9.46 Å². The maximum atomic E-state index is 12.6. The summed E-state index contributed by atoms with van der Waals surface area (Å²) in [5.41, 5.74) is 0.813. The molecule has 1 fully saturated rings. The molecule has 0 aliphatic carbocycles. The van der Waals surface area contributed by atoms with Crippen molar-refractivity contribution < 1.29 is 13.2 Å². The van der Waals surface area contributed by atoms with E-state index in [0.29, 0.717) is 4.91 Å². The fourth-order valence-electron chi connectivity index (χ4n) is 2.98. The van der Waals surface area contributed by atoms with Crippen LogP contribution in [0.2, 0.25) is 0 Å². The summed E-state index contributed by atoms with van der Waals surface area (Å²) < 4.78 is 33.6. The van der Waals surface area contributed by atoms with Gasteiger partial charge in [0.2, 0.25) is 10.0 Å². The Labute approximate surface area is 132 Å². The van der Waals surface area contributed by atoms with Gasteiger partial charge in [0.1, 0.15) is 12.4 Å². The first-order chi connectivity index (χ1) is 10.6. The molecular formula is C16H22N2O3S. The van der Waals surface area contributed by atoms with Gasteiger partial charge < -0.3 is 9.64 Å². The second-order valence-corrected chi connectivity index (χ2v) is 7.56. The van der Waals surface area contributed by atoms with E-state index >= 15 is 0 Å². The molecule has 22 heavy (non-hydrogen) atoms. The van der Waals surface area contributed by atoms with E-state index in [1.54, 1.807) is 6.08 Å². The molecule has 2 aliphatic heterocycles. The van der Waals surface area contributed by atoms with Crippen molar-refractivity contribution in [1.29, 1.82) is 0 Å². The number of likely N-dealkylation sites (N-methyl/N-ethyl adjacent to an activating group) is 1. The van der Waals surface area contributed by atoms with Crippen LogP contribution in [0.1, 0.15) is 25.3 Å². The smallest absolute Gasteiger partial charge is 0.240 e. The summed E-state index contributed by atoms with van der Waals surface area (Å²) in [4.78, 5) is 2.58. The van der Waals surface area contributed by atoms with Gasteiger partial charge in [-0.1, -0.05) is 25.1 Å². The SMILES string of the molecule is CCN1CCCC(NS(=O)(=O)C2=Cc3ccccc3OC2)C1. The summed E-state index contributed by atoms with van der Waals surface area (Å²) in [5, 5.41) is 0. The molecule has 2 heterocycles. The third-order valence-electron chi connectivity index (χ3n) is 4.23. The number of rotatable bonds is 4. The molecule has 1 saturated heterocycles. The Morgan fingerprint density at radius 2 is 2.18 bits per heavy atom. The quantitative estimate of drug-likeness (QED) is 0.919. The van der Waals surface area contributed by atoms with Crippen LogP contribution in [0, 0.1) is 0 Å². The molecule has 1 atom stereocenters. The number of hydrogen-bond donors (Lipinski definition) is 1. The lowest BCUT2D eigenvalue weighted by Gasteiger charge is -2.32. The molecule has 6 heteroatoms. The number of fused-ring (bicyclic) bond motifs is 1. The van der Waals surface area contributed by atoms with Crippen molar-refractivity contribution in [3.8, 4) is 5.75 Å². The van der Waals surface area contributed by atoms with Gasteiger partial charge in [0.15, 0.2) is 0 Å². The second-order valence-electron chi connectivity index (χ2n) is 5.79. The highest BCUT2D eigenvalue weighted by molar-refractivity contribution is 7.93. The summed E-state index contributed by atoms with van der Waals surface area (Å²) in [5.74, 6) is 0.733. The van der Waals surface area contributed by atoms with Crippen LogP contribution in [0.3, 0.4) is 0 Å². The molecule has 0 spiro atoms. The molecule has 1 N–H and O–H groups in total. The molecule has 2 aliphatic rings. The molecule has 1 aromatic rings. The molecule has 120 valence electrons. The van der Waals surface area contributed by atoms with Gasteiger partial charge in [0, 0.05) is 18.2 Å². The van der Waals surface area contributed by atoms with Crippen molar-refractivity contribution >= 4 is 16.1 Å². The molecule has 1 unspecified atom stereocenters. The van der Waals surface area contributed by atoms with Crippen molar-refractivity contribution in [2.24, 2.45) is 0 Å². The first-order valence-corrected chi connectivity index (χ1v) is 9.24. The number of ether oxygens (including phenoxy) is 1. The zero-order valence-electron chi connectivity index (χ0n) is 12.8. The lowest BCUT2D eigenvalue weighted by molar-refractivity contribution is 0.211. The summed E-state index contributed by atoms with van der Waals surface area (Å²) in [7, 11) is -3.50. The highest BCUT2D eigenvalue weighted by Crippen LogP contribution is 2.27. The summed E-state index contributed by atoms with van der Waals surface area (Å²) >= 11 is 0. The van der Waals surface area contributed by atoms with Gasteiger partial charge in [-0.25, -0.2) is 13.1 Å². The fraction of sp³-hybridized carbons (Fsp3) is 0.500. The van der Waals surface area contributed by atoms with Crippen LogP contribution >= 0.6 is 0 Å². The van der Waals surface area contributed by atoms with Crippen LogP contribution in [0.4, 0.5) is 0 Å². The predicted octanol–water partition coefficient (Wildman–Crippen LogP) is 1.82. The van der Waals surface area contributed by atoms with E-state index in [1.807, 2.05) is 24.3 Å². The molecule has 0 bridgehead atoms. The molecule has 1 aromatic carbocycles. The number of nitrogens with zero attached hydrogens (tertiary/aromatic N) is 1. The monoisotopic (exact) mass is 322 g/mol. The maximum absolute atomic E-state index is 12.6. The number of benzene rings is 1. The van der Waals surface area contributed by atoms with Crippen LogP contribution in [0.15, 0.2) is 29.2 Å². The number of nitrogens with one attached hydrogen (secondary N) is 1. The Bertz CT molecular complexity index is 670. The third kappa shape index (κ3) is 3.34. The molecular weight excluding hydrogens is 300 g/mol. The van der Waals surface area contributed by atoms with Crippen LogP contribution in [-0.2, 0) is 10.0 Å². The van der Waals surface area contributed by atoms with Crippen molar-refractivity contribution in [3.05, 3.63) is 34.7 Å². The highest BCUT2D eigenvalue weighted by Gasteiger charge is 2.28. The second kappa shape index (κ2) is 6.40. The van der Waals surface area contributed by atoms with Gasteiger partial charge >= 0.3 is 0 Å². The third-order valence-corrected chi connectivity index (χ3v) is 5.79. The average Bonchev–Trinajstić information content (AvgIpc) is 2.54. The number of hydrogen-bond acceptors (Lipinski definition) is 4. The summed E-state index contributed by atoms with van der Waals surface area (Å²) in [6.07, 6.45) is 3.63. The molecule has 5 nitrogen and oxygen atoms in total. The van der Waals surface area contributed by atoms with Crippen LogP contribution in [-0.4, -0.2) is 45.6 Å². The van der Waals surface area contributed by atoms with E-state index in [0.717, 1.165) is 43.8 Å². The van der Waals surface area contributed by atoms with Crippen molar-refractivity contribution in [2.45, 2.75) is 25.8 Å². The Balaban J connectivity index is 1.75. The van der Waals surface area contributed by atoms with E-state index in [2.05, 4.69) is 16.5 Å². The minimum Gasteiger partial charge on any atom is -0.487 e. The maximum Gasteiger partial charge on any atom is 0.240 e. The molecule has 3 rings (SSSR count). The van der Waals surface area contributed by atoms with Crippen molar-refractivity contribution in [1.82, 2.24) is 9.62 Å². The van der Waals surface area contributed by atoms with Crippen molar-refractivity contribution in [3.63, 3.8) is 0 Å². The predicted molar refractivity (Wildman–Crippen MR) is 87.1 cm³/mol. The summed E-state index contributed by atoms with van der Waals surface area (Å²) in [6.45, 7) is 4.98. The molecule has 0 radical (unpaired) electrons. The Kier molecular flexibility index (Phi) is 4.52. The average molecular weight is 322 g/mol. The Morgan fingerprint density at radius 1 is 1.36 bits per heavy atom. The summed E-state index contributed by atoms with van der Waals surface area (Å²) in [6, 6.07) is 7.46. The largest absolute Gasteiger partial charge is 0.487 e. The zero-order valence-corrected chi connectivity index (χ0v) is 13.6. The molecule has 0 saturated carbocycles. The normalized spacial score (nSPS) is 22.6. The van der Waals surface area contributed by atoms with Gasteiger partial charge in [-0.2, -0.15) is 0 Å². The zero-order chi connectivity index (χ0) is 15.6. The molecule has 0 amide bonds. The van der Waals surface area contributed by atoms with Gasteiger partial charge in [0.25, 0.3) is 0 Å². The van der Waals surface area contributed by atoms with Gasteiger partial charge in [-0.05, 0) is 38.1 Å². The first kappa shape index (κ1) is 15.5. The Morgan fingerprint density at radius 3 is 3.00 bits per heavy atom.